The van der Waals surface area contributed by atoms with Crippen LogP contribution in [0.1, 0.15) is 44.2 Å². The molecule has 2 aliphatic heterocycles. The van der Waals surface area contributed by atoms with Gasteiger partial charge in [0.05, 0.1) is 0 Å². The summed E-state index contributed by atoms with van der Waals surface area (Å²) in [7, 11) is 0. The van der Waals surface area contributed by atoms with Gasteiger partial charge < -0.3 is 10.2 Å². The maximum atomic E-state index is 12.2. The summed E-state index contributed by atoms with van der Waals surface area (Å²) in [5.74, 6) is 0.317. The van der Waals surface area contributed by atoms with Gasteiger partial charge in [0.15, 0.2) is 0 Å². The molecule has 1 N–H and O–H groups in total. The number of piperidine rings is 1. The van der Waals surface area contributed by atoms with E-state index >= 15 is 0 Å². The summed E-state index contributed by atoms with van der Waals surface area (Å²) in [4.78, 5) is 14.2. The van der Waals surface area contributed by atoms with E-state index in [-0.39, 0.29) is 11.8 Å². The van der Waals surface area contributed by atoms with E-state index in [1.54, 1.807) is 0 Å². The molecule has 1 unspecified atom stereocenters. The fourth-order valence-corrected chi connectivity index (χ4v) is 3.51. The van der Waals surface area contributed by atoms with Gasteiger partial charge in [0, 0.05) is 24.2 Å². The molecule has 1 fully saturated rings. The second-order valence-corrected chi connectivity index (χ2v) is 6.71. The largest absolute Gasteiger partial charge is 0.314 e. The minimum Gasteiger partial charge on any atom is -0.314 e. The van der Waals surface area contributed by atoms with E-state index in [4.69, 9.17) is 0 Å². The Bertz CT molecular complexity index is 518. The Morgan fingerprint density at radius 3 is 2.95 bits per heavy atom. The van der Waals surface area contributed by atoms with Gasteiger partial charge in [0.1, 0.15) is 0 Å². The first-order chi connectivity index (χ1) is 10.1. The average molecular weight is 286 g/mol. The van der Waals surface area contributed by atoms with Crippen molar-refractivity contribution >= 4 is 11.6 Å². The molecule has 3 heteroatoms. The monoisotopic (exact) mass is 286 g/mol. The second-order valence-electron chi connectivity index (χ2n) is 6.71. The molecule has 2 aliphatic rings. The Morgan fingerprint density at radius 1 is 1.38 bits per heavy atom. The SMILES string of the molecule is CC(C)C(=O)N1CCc2cc(CC3CCCCN3)ccc21. The van der Waals surface area contributed by atoms with Gasteiger partial charge in [0.25, 0.3) is 0 Å². The minimum absolute atomic E-state index is 0.0714. The molecule has 2 heterocycles. The van der Waals surface area contributed by atoms with Crippen LogP contribution in [0.2, 0.25) is 0 Å². The van der Waals surface area contributed by atoms with Gasteiger partial charge in [-0.05, 0) is 49.4 Å². The van der Waals surface area contributed by atoms with E-state index in [9.17, 15) is 4.79 Å². The first-order valence-corrected chi connectivity index (χ1v) is 8.31. The van der Waals surface area contributed by atoms with Crippen molar-refractivity contribution in [2.75, 3.05) is 18.0 Å². The van der Waals surface area contributed by atoms with Crippen molar-refractivity contribution in [3.63, 3.8) is 0 Å². The fraction of sp³-hybridized carbons (Fsp3) is 0.611. The van der Waals surface area contributed by atoms with Gasteiger partial charge >= 0.3 is 0 Å². The van der Waals surface area contributed by atoms with Gasteiger partial charge in [-0.15, -0.1) is 0 Å². The normalized spacial score (nSPS) is 21.7. The number of benzene rings is 1. The highest BCUT2D eigenvalue weighted by molar-refractivity contribution is 5.96. The number of carbonyl (C=O) groups is 1. The predicted molar refractivity (Wildman–Crippen MR) is 86.7 cm³/mol. The van der Waals surface area contributed by atoms with Gasteiger partial charge in [-0.3, -0.25) is 4.79 Å². The van der Waals surface area contributed by atoms with E-state index in [2.05, 4.69) is 23.5 Å². The minimum atomic E-state index is 0.0714. The van der Waals surface area contributed by atoms with E-state index in [1.165, 1.54) is 30.4 Å². The van der Waals surface area contributed by atoms with Crippen LogP contribution in [0.5, 0.6) is 0 Å². The Morgan fingerprint density at radius 2 is 2.24 bits per heavy atom. The molecule has 0 aliphatic carbocycles. The van der Waals surface area contributed by atoms with Crippen molar-refractivity contribution in [1.29, 1.82) is 0 Å². The number of rotatable bonds is 3. The Balaban J connectivity index is 1.72. The third-order valence-electron chi connectivity index (χ3n) is 4.69. The molecule has 1 atom stereocenters. The highest BCUT2D eigenvalue weighted by Crippen LogP contribution is 2.30. The maximum Gasteiger partial charge on any atom is 0.229 e. The van der Waals surface area contributed by atoms with Gasteiger partial charge in [0.2, 0.25) is 5.91 Å². The van der Waals surface area contributed by atoms with Crippen molar-refractivity contribution in [2.24, 2.45) is 5.92 Å². The van der Waals surface area contributed by atoms with E-state index in [0.717, 1.165) is 31.6 Å². The average Bonchev–Trinajstić information content (AvgIpc) is 2.90. The second kappa shape index (κ2) is 6.18. The van der Waals surface area contributed by atoms with E-state index < -0.39 is 0 Å². The summed E-state index contributed by atoms with van der Waals surface area (Å²) in [6.07, 6.45) is 6.06. The van der Waals surface area contributed by atoms with Gasteiger partial charge in [-0.25, -0.2) is 0 Å². The van der Waals surface area contributed by atoms with Crippen molar-refractivity contribution in [3.05, 3.63) is 29.3 Å². The van der Waals surface area contributed by atoms with Crippen LogP contribution >= 0.6 is 0 Å². The molecule has 21 heavy (non-hydrogen) atoms. The predicted octanol–water partition coefficient (Wildman–Crippen LogP) is 2.92. The third-order valence-corrected chi connectivity index (χ3v) is 4.69. The molecule has 0 spiro atoms. The lowest BCUT2D eigenvalue weighted by Crippen LogP contribution is -2.35. The van der Waals surface area contributed by atoms with Crippen LogP contribution < -0.4 is 10.2 Å². The molecule has 1 aromatic carbocycles. The summed E-state index contributed by atoms with van der Waals surface area (Å²) < 4.78 is 0. The number of nitrogens with one attached hydrogen (secondary N) is 1. The molecule has 0 bridgehead atoms. The summed E-state index contributed by atoms with van der Waals surface area (Å²) in [6.45, 7) is 5.95. The number of carbonyl (C=O) groups excluding carboxylic acids is 1. The zero-order valence-corrected chi connectivity index (χ0v) is 13.2. The molecule has 1 saturated heterocycles. The number of hydrogen-bond acceptors (Lipinski definition) is 2. The van der Waals surface area contributed by atoms with Gasteiger partial charge in [-0.1, -0.05) is 32.4 Å². The first kappa shape index (κ1) is 14.6. The smallest absolute Gasteiger partial charge is 0.229 e. The van der Waals surface area contributed by atoms with Gasteiger partial charge in [-0.2, -0.15) is 0 Å². The lowest BCUT2D eigenvalue weighted by Gasteiger charge is -2.24. The van der Waals surface area contributed by atoms with E-state index in [1.807, 2.05) is 18.7 Å². The topological polar surface area (TPSA) is 32.3 Å². The molecule has 0 radical (unpaired) electrons. The van der Waals surface area contributed by atoms with Crippen LogP contribution in [-0.4, -0.2) is 25.0 Å². The van der Waals surface area contributed by atoms with Crippen molar-refractivity contribution in [1.82, 2.24) is 5.32 Å². The lowest BCUT2D eigenvalue weighted by molar-refractivity contribution is -0.121. The van der Waals surface area contributed by atoms with Crippen molar-refractivity contribution in [3.8, 4) is 0 Å². The number of amides is 1. The van der Waals surface area contributed by atoms with Crippen molar-refractivity contribution in [2.45, 2.75) is 52.0 Å². The fourth-order valence-electron chi connectivity index (χ4n) is 3.51. The van der Waals surface area contributed by atoms with Crippen LogP contribution in [0.3, 0.4) is 0 Å². The van der Waals surface area contributed by atoms with Crippen LogP contribution in [0.4, 0.5) is 5.69 Å². The highest BCUT2D eigenvalue weighted by Gasteiger charge is 2.26. The Kier molecular flexibility index (Phi) is 4.29. The van der Waals surface area contributed by atoms with Crippen LogP contribution in [-0.2, 0) is 17.6 Å². The molecule has 3 rings (SSSR count). The summed E-state index contributed by atoms with van der Waals surface area (Å²) >= 11 is 0. The molecule has 114 valence electrons. The zero-order valence-electron chi connectivity index (χ0n) is 13.2. The van der Waals surface area contributed by atoms with Crippen LogP contribution in [0, 0.1) is 5.92 Å². The van der Waals surface area contributed by atoms with E-state index in [0.29, 0.717) is 6.04 Å². The van der Waals surface area contributed by atoms with Crippen LogP contribution in [0.15, 0.2) is 18.2 Å². The maximum absolute atomic E-state index is 12.2. The molecular formula is C18H26N2O. The number of hydrogen-bond donors (Lipinski definition) is 1. The first-order valence-electron chi connectivity index (χ1n) is 8.31. The third kappa shape index (κ3) is 3.13. The summed E-state index contributed by atoms with van der Waals surface area (Å²) in [5, 5.41) is 3.61. The quantitative estimate of drug-likeness (QED) is 0.926. The lowest BCUT2D eigenvalue weighted by atomic mass is 9.96. The Labute approximate surface area is 127 Å². The molecule has 1 aromatic rings. The molecule has 0 aromatic heterocycles. The number of nitrogens with zero attached hydrogens (tertiary/aromatic N) is 1. The molecule has 0 saturated carbocycles. The number of anilines is 1. The highest BCUT2D eigenvalue weighted by atomic mass is 16.2. The zero-order chi connectivity index (χ0) is 14.8. The van der Waals surface area contributed by atoms with Crippen molar-refractivity contribution < 1.29 is 4.79 Å². The standard InChI is InChI=1S/C18H26N2O/c1-13(2)18(21)20-10-8-15-11-14(6-7-17(15)20)12-16-5-3-4-9-19-16/h6-7,11,13,16,19H,3-5,8-10,12H2,1-2H3. The van der Waals surface area contributed by atoms with Crippen LogP contribution in [0.25, 0.3) is 0 Å². The summed E-state index contributed by atoms with van der Waals surface area (Å²) in [5.41, 5.74) is 3.89. The number of fused-ring (bicyclic) bond motifs is 1. The molecule has 1 amide bonds. The Hall–Kier alpha value is -1.35. The summed E-state index contributed by atoms with van der Waals surface area (Å²) in [6, 6.07) is 7.31. The molecular weight excluding hydrogens is 260 g/mol. The molecule has 3 nitrogen and oxygen atoms in total.